The van der Waals surface area contributed by atoms with Crippen molar-refractivity contribution in [1.82, 2.24) is 9.88 Å². The number of benzene rings is 2. The van der Waals surface area contributed by atoms with E-state index < -0.39 is 0 Å². The van der Waals surface area contributed by atoms with Crippen molar-refractivity contribution >= 4 is 17.2 Å². The summed E-state index contributed by atoms with van der Waals surface area (Å²) in [5.41, 5.74) is 2.42. The van der Waals surface area contributed by atoms with E-state index >= 15 is 0 Å². The first-order valence-electron chi connectivity index (χ1n) is 9.59. The molecule has 4 aromatic rings. The van der Waals surface area contributed by atoms with Crippen LogP contribution in [0.1, 0.15) is 28.6 Å². The molecular formula is C24H21FN2O2S. The molecule has 0 aliphatic rings. The van der Waals surface area contributed by atoms with E-state index in [9.17, 15) is 9.18 Å². The van der Waals surface area contributed by atoms with Crippen LogP contribution < -0.4 is 0 Å². The molecule has 0 aliphatic carbocycles. The van der Waals surface area contributed by atoms with Crippen LogP contribution in [-0.2, 0) is 11.2 Å². The molecule has 2 aromatic carbocycles. The highest BCUT2D eigenvalue weighted by Gasteiger charge is 2.25. The molecule has 6 heteroatoms. The van der Waals surface area contributed by atoms with Crippen molar-refractivity contribution in [3.63, 3.8) is 0 Å². The van der Waals surface area contributed by atoms with Crippen LogP contribution in [-0.4, -0.2) is 22.8 Å². The summed E-state index contributed by atoms with van der Waals surface area (Å²) in [6.07, 6.45) is 0.127. The van der Waals surface area contributed by atoms with Gasteiger partial charge in [-0.15, -0.1) is 11.3 Å². The monoisotopic (exact) mass is 420 g/mol. The highest BCUT2D eigenvalue weighted by Crippen LogP contribution is 2.30. The molecule has 30 heavy (non-hydrogen) atoms. The Bertz CT molecular complexity index is 1120. The van der Waals surface area contributed by atoms with Crippen LogP contribution >= 0.6 is 11.3 Å². The lowest BCUT2D eigenvalue weighted by atomic mass is 9.97. The van der Waals surface area contributed by atoms with E-state index in [1.807, 2.05) is 54.8 Å². The van der Waals surface area contributed by atoms with Crippen LogP contribution in [0.5, 0.6) is 0 Å². The fourth-order valence-electron chi connectivity index (χ4n) is 3.43. The van der Waals surface area contributed by atoms with Crippen molar-refractivity contribution in [2.24, 2.45) is 0 Å². The number of halogens is 1. The van der Waals surface area contributed by atoms with Gasteiger partial charge in [0.05, 0.1) is 23.0 Å². The first kappa shape index (κ1) is 20.0. The number of aryl methyl sites for hydroxylation is 1. The Kier molecular flexibility index (Phi) is 5.77. The Morgan fingerprint density at radius 3 is 2.43 bits per heavy atom. The molecule has 0 saturated carbocycles. The molecule has 2 aromatic heterocycles. The van der Waals surface area contributed by atoms with Gasteiger partial charge < -0.3 is 9.32 Å². The quantitative estimate of drug-likeness (QED) is 0.405. The molecule has 0 spiro atoms. The topological polar surface area (TPSA) is 46.3 Å². The summed E-state index contributed by atoms with van der Waals surface area (Å²) < 4.78 is 19.2. The average molecular weight is 421 g/mol. The van der Waals surface area contributed by atoms with Crippen LogP contribution in [0.2, 0.25) is 0 Å². The molecule has 4 nitrogen and oxygen atoms in total. The van der Waals surface area contributed by atoms with Crippen LogP contribution in [0.25, 0.3) is 10.8 Å². The third kappa shape index (κ3) is 4.19. The van der Waals surface area contributed by atoms with Crippen LogP contribution in [0, 0.1) is 12.7 Å². The Morgan fingerprint density at radius 1 is 1.07 bits per heavy atom. The van der Waals surface area contributed by atoms with Gasteiger partial charge in [0.15, 0.2) is 0 Å². The van der Waals surface area contributed by atoms with E-state index in [0.717, 1.165) is 16.0 Å². The fraction of sp³-hybridized carbons (Fsp3) is 0.167. The summed E-state index contributed by atoms with van der Waals surface area (Å²) >= 11 is 1.54. The molecule has 2 heterocycles. The predicted octanol–water partition coefficient (Wildman–Crippen LogP) is 5.64. The van der Waals surface area contributed by atoms with Gasteiger partial charge in [0.1, 0.15) is 11.6 Å². The zero-order valence-electron chi connectivity index (χ0n) is 16.7. The summed E-state index contributed by atoms with van der Waals surface area (Å²) in [5.74, 6) is 0.769. The minimum absolute atomic E-state index is 0.0951. The molecule has 1 amide bonds. The highest BCUT2D eigenvalue weighted by molar-refractivity contribution is 7.13. The summed E-state index contributed by atoms with van der Waals surface area (Å²) in [6.45, 7) is 1.82. The van der Waals surface area contributed by atoms with E-state index in [1.54, 1.807) is 35.4 Å². The van der Waals surface area contributed by atoms with Gasteiger partial charge in [-0.25, -0.2) is 9.37 Å². The van der Waals surface area contributed by atoms with Crippen molar-refractivity contribution in [1.29, 1.82) is 0 Å². The number of hydrogen-bond acceptors (Lipinski definition) is 4. The molecule has 152 valence electrons. The molecule has 0 bridgehead atoms. The summed E-state index contributed by atoms with van der Waals surface area (Å²) in [5, 5.41) is 1.96. The normalized spacial score (nSPS) is 12.0. The maximum absolute atomic E-state index is 13.5. The Hall–Kier alpha value is -3.25. The lowest BCUT2D eigenvalue weighted by Gasteiger charge is -2.29. The highest BCUT2D eigenvalue weighted by atomic mass is 32.1. The third-order valence-corrected chi connectivity index (χ3v) is 5.88. The molecule has 0 saturated heterocycles. The average Bonchev–Trinajstić information content (AvgIpc) is 3.41. The SMILES string of the molecule is Cc1oc(-c2cccs2)nc1CC(=O)N(C)C(c1ccccc1)c1ccc(F)cc1. The van der Waals surface area contributed by atoms with E-state index in [-0.39, 0.29) is 24.2 Å². The second-order valence-electron chi connectivity index (χ2n) is 7.05. The molecular weight excluding hydrogens is 399 g/mol. The van der Waals surface area contributed by atoms with Gasteiger partial charge >= 0.3 is 0 Å². The lowest BCUT2D eigenvalue weighted by Crippen LogP contribution is -2.33. The number of thiophene rings is 1. The van der Waals surface area contributed by atoms with Gasteiger partial charge in [-0.05, 0) is 41.6 Å². The number of likely N-dealkylation sites (N-methyl/N-ethyl adjacent to an activating group) is 1. The molecule has 0 radical (unpaired) electrons. The van der Waals surface area contributed by atoms with E-state index in [1.165, 1.54) is 12.1 Å². The second-order valence-corrected chi connectivity index (χ2v) is 7.99. The van der Waals surface area contributed by atoms with Gasteiger partial charge in [0, 0.05) is 7.05 Å². The number of nitrogens with zero attached hydrogens (tertiary/aromatic N) is 2. The number of carbonyl (C=O) groups excluding carboxylic acids is 1. The van der Waals surface area contributed by atoms with Crippen molar-refractivity contribution in [2.45, 2.75) is 19.4 Å². The number of rotatable bonds is 6. The zero-order chi connectivity index (χ0) is 21.1. The zero-order valence-corrected chi connectivity index (χ0v) is 17.5. The Labute approximate surface area is 178 Å². The standard InChI is InChI=1S/C24H21FN2O2S/c1-16-20(26-24(29-16)21-9-6-14-30-21)15-22(28)27(2)23(17-7-4-3-5-8-17)18-10-12-19(25)13-11-18/h3-14,23H,15H2,1-2H3. The summed E-state index contributed by atoms with van der Waals surface area (Å²) in [7, 11) is 1.76. The van der Waals surface area contributed by atoms with E-state index in [0.29, 0.717) is 17.3 Å². The molecule has 0 N–H and O–H groups in total. The van der Waals surface area contributed by atoms with Crippen LogP contribution in [0.3, 0.4) is 0 Å². The van der Waals surface area contributed by atoms with E-state index in [2.05, 4.69) is 4.98 Å². The van der Waals surface area contributed by atoms with E-state index in [4.69, 9.17) is 4.42 Å². The summed E-state index contributed by atoms with van der Waals surface area (Å²) in [6, 6.07) is 19.5. The predicted molar refractivity (Wildman–Crippen MR) is 116 cm³/mol. The van der Waals surface area contributed by atoms with Gasteiger partial charge in [-0.1, -0.05) is 48.5 Å². The van der Waals surface area contributed by atoms with Crippen molar-refractivity contribution < 1.29 is 13.6 Å². The van der Waals surface area contributed by atoms with Crippen LogP contribution in [0.4, 0.5) is 4.39 Å². The minimum atomic E-state index is -0.330. The number of hydrogen-bond donors (Lipinski definition) is 0. The van der Waals surface area contributed by atoms with Crippen molar-refractivity contribution in [2.75, 3.05) is 7.05 Å². The van der Waals surface area contributed by atoms with Gasteiger partial charge in [-0.3, -0.25) is 4.79 Å². The first-order valence-corrected chi connectivity index (χ1v) is 10.5. The molecule has 0 fully saturated rings. The van der Waals surface area contributed by atoms with Crippen LogP contribution in [0.15, 0.2) is 76.5 Å². The number of carbonyl (C=O) groups is 1. The molecule has 1 unspecified atom stereocenters. The number of aromatic nitrogens is 1. The smallest absolute Gasteiger partial charge is 0.236 e. The third-order valence-electron chi connectivity index (χ3n) is 5.03. The number of amides is 1. The Balaban J connectivity index is 1.61. The van der Waals surface area contributed by atoms with Gasteiger partial charge in [0.25, 0.3) is 0 Å². The van der Waals surface area contributed by atoms with Gasteiger partial charge in [-0.2, -0.15) is 0 Å². The van der Waals surface area contributed by atoms with Crippen molar-refractivity contribution in [3.05, 3.63) is 101 Å². The Morgan fingerprint density at radius 2 is 1.77 bits per heavy atom. The minimum Gasteiger partial charge on any atom is -0.440 e. The maximum atomic E-state index is 13.5. The second kappa shape index (κ2) is 8.63. The fourth-order valence-corrected chi connectivity index (χ4v) is 4.08. The summed E-state index contributed by atoms with van der Waals surface area (Å²) in [4.78, 5) is 20.3. The molecule has 1 atom stereocenters. The first-order chi connectivity index (χ1) is 14.5. The lowest BCUT2D eigenvalue weighted by molar-refractivity contribution is -0.130. The maximum Gasteiger partial charge on any atom is 0.236 e. The van der Waals surface area contributed by atoms with Gasteiger partial charge in [0.2, 0.25) is 11.8 Å². The van der Waals surface area contributed by atoms with Crippen molar-refractivity contribution in [3.8, 4) is 10.8 Å². The largest absolute Gasteiger partial charge is 0.440 e. The molecule has 4 rings (SSSR count). The number of oxazole rings is 1. The molecule has 0 aliphatic heterocycles.